The number of hydrogen-bond acceptors (Lipinski definition) is 6. The van der Waals surface area contributed by atoms with E-state index in [0.29, 0.717) is 13.2 Å². The van der Waals surface area contributed by atoms with Gasteiger partial charge in [0.25, 0.3) is 0 Å². The van der Waals surface area contributed by atoms with Crippen LogP contribution in [0.25, 0.3) is 88.8 Å². The predicted molar refractivity (Wildman–Crippen MR) is 253 cm³/mol. The van der Waals surface area contributed by atoms with Crippen LogP contribution in [0.4, 0.5) is 0 Å². The summed E-state index contributed by atoms with van der Waals surface area (Å²) in [7, 11) is 0. The summed E-state index contributed by atoms with van der Waals surface area (Å²) in [6.45, 7) is 1.38. The molecule has 0 amide bonds. The topological polar surface area (TPSA) is 70.0 Å². The zero-order valence-corrected chi connectivity index (χ0v) is 34.3. The first-order valence-electron chi connectivity index (χ1n) is 21.7. The highest BCUT2D eigenvalue weighted by Crippen LogP contribution is 2.58. The van der Waals surface area contributed by atoms with Crippen LogP contribution in [0.15, 0.2) is 182 Å². The van der Waals surface area contributed by atoms with Crippen molar-refractivity contribution in [1.29, 1.82) is 0 Å². The summed E-state index contributed by atoms with van der Waals surface area (Å²) in [5, 5.41) is 4.26. The van der Waals surface area contributed by atoms with Crippen molar-refractivity contribution in [1.82, 2.24) is 19.9 Å². The van der Waals surface area contributed by atoms with Crippen molar-refractivity contribution in [3.8, 4) is 33.6 Å². The van der Waals surface area contributed by atoms with Crippen LogP contribution >= 0.6 is 0 Å². The van der Waals surface area contributed by atoms with Gasteiger partial charge in [-0.15, -0.1) is 0 Å². The van der Waals surface area contributed by atoms with Gasteiger partial charge in [-0.1, -0.05) is 109 Å². The Hall–Kier alpha value is -7.96. The monoisotopic (exact) mass is 810 g/mol. The average molecular weight is 811 g/mol. The molecule has 0 unspecified atom stereocenters. The fraction of sp³-hybridized carbons (Fsp3) is 0.0877. The molecule has 13 rings (SSSR count). The molecule has 1 aliphatic carbocycles. The average Bonchev–Trinajstić information content (AvgIpc) is 4.15. The summed E-state index contributed by atoms with van der Waals surface area (Å²) in [4.78, 5) is 20.2. The fourth-order valence-corrected chi connectivity index (χ4v) is 10.2. The van der Waals surface area contributed by atoms with E-state index in [2.05, 4.69) is 158 Å². The molecule has 0 spiro atoms. The maximum absolute atomic E-state index is 6.24. The van der Waals surface area contributed by atoms with E-state index in [1.807, 2.05) is 24.5 Å². The van der Waals surface area contributed by atoms with E-state index in [1.54, 1.807) is 0 Å². The lowest BCUT2D eigenvalue weighted by Gasteiger charge is -2.35. The first-order chi connectivity index (χ1) is 31.2. The van der Waals surface area contributed by atoms with Crippen LogP contribution in [0.1, 0.15) is 46.2 Å². The second-order valence-electron chi connectivity index (χ2n) is 16.7. The van der Waals surface area contributed by atoms with Gasteiger partial charge in [-0.25, -0.2) is 9.97 Å². The van der Waals surface area contributed by atoms with Crippen LogP contribution in [0.3, 0.4) is 0 Å². The molecule has 2 aliphatic heterocycles. The van der Waals surface area contributed by atoms with E-state index in [4.69, 9.17) is 29.4 Å². The number of benzene rings is 6. The van der Waals surface area contributed by atoms with E-state index in [0.717, 1.165) is 113 Å². The lowest BCUT2D eigenvalue weighted by Crippen LogP contribution is -2.29. The number of hydrogen-bond donors (Lipinski definition) is 0. The Labute approximate surface area is 363 Å². The molecule has 0 fully saturated rings. The van der Waals surface area contributed by atoms with Crippen LogP contribution < -0.4 is 0 Å². The van der Waals surface area contributed by atoms with Gasteiger partial charge in [-0.3, -0.25) is 9.97 Å². The Morgan fingerprint density at radius 1 is 0.397 bits per heavy atom. The smallest absolute Gasteiger partial charge is 0.122 e. The minimum Gasteiger partial charge on any atom is -0.493 e. The molecule has 6 heterocycles. The SMILES string of the molecule is C1=C(c2ccc3c(c2)C(c2cccc(-c4ccc5ccc6cccnc6c5n4)c2)(c2cccc(-c4ccc5ccc6cccnc6c5n4)c2)c2cc(C4=CCCO4)ccc2-3)OCC1. The predicted octanol–water partition coefficient (Wildman–Crippen LogP) is 13.1. The highest BCUT2D eigenvalue weighted by atomic mass is 16.5. The number of ether oxygens (including phenoxy) is 2. The number of aromatic nitrogens is 4. The molecule has 6 aromatic carbocycles. The number of nitrogens with zero attached hydrogens (tertiary/aromatic N) is 4. The van der Waals surface area contributed by atoms with Gasteiger partial charge in [0.15, 0.2) is 0 Å². The third-order valence-corrected chi connectivity index (χ3v) is 13.2. The molecule has 4 aromatic heterocycles. The van der Waals surface area contributed by atoms with Gasteiger partial charge in [0.1, 0.15) is 11.5 Å². The number of pyridine rings is 4. The summed E-state index contributed by atoms with van der Waals surface area (Å²) < 4.78 is 12.5. The summed E-state index contributed by atoms with van der Waals surface area (Å²) in [5.41, 5.74) is 15.9. The maximum atomic E-state index is 6.24. The highest BCUT2D eigenvalue weighted by molar-refractivity contribution is 6.04. The van der Waals surface area contributed by atoms with E-state index in [1.165, 1.54) is 22.3 Å². The molecule has 6 nitrogen and oxygen atoms in total. The van der Waals surface area contributed by atoms with Crippen LogP contribution in [-0.2, 0) is 14.9 Å². The van der Waals surface area contributed by atoms with E-state index in [9.17, 15) is 0 Å². The van der Waals surface area contributed by atoms with Gasteiger partial charge in [0.2, 0.25) is 0 Å². The maximum Gasteiger partial charge on any atom is 0.122 e. The van der Waals surface area contributed by atoms with Crippen molar-refractivity contribution in [2.24, 2.45) is 0 Å². The number of fused-ring (bicyclic) bond motifs is 9. The Morgan fingerprint density at radius 2 is 0.857 bits per heavy atom. The van der Waals surface area contributed by atoms with Gasteiger partial charge in [0.05, 0.1) is 52.1 Å². The van der Waals surface area contributed by atoms with Gasteiger partial charge in [-0.05, 0) is 94.1 Å². The molecular weight excluding hydrogens is 773 g/mol. The Morgan fingerprint density at radius 3 is 1.32 bits per heavy atom. The molecule has 0 radical (unpaired) electrons. The normalized spacial score (nSPS) is 15.0. The minimum absolute atomic E-state index is 0.688. The Bertz CT molecular complexity index is 3370. The van der Waals surface area contributed by atoms with E-state index in [-0.39, 0.29) is 0 Å². The van der Waals surface area contributed by atoms with Gasteiger partial charge < -0.3 is 9.47 Å². The van der Waals surface area contributed by atoms with Crippen LogP contribution in [-0.4, -0.2) is 33.1 Å². The van der Waals surface area contributed by atoms with Crippen LogP contribution in [0.2, 0.25) is 0 Å². The summed E-state index contributed by atoms with van der Waals surface area (Å²) in [5.74, 6) is 1.86. The highest BCUT2D eigenvalue weighted by Gasteiger charge is 2.47. The molecule has 0 atom stereocenters. The van der Waals surface area contributed by atoms with Gasteiger partial charge in [0, 0.05) is 69.0 Å². The molecule has 3 aliphatic rings. The number of rotatable bonds is 6. The Kier molecular flexibility index (Phi) is 7.97. The first-order valence-corrected chi connectivity index (χ1v) is 21.7. The molecule has 0 saturated heterocycles. The molecule has 63 heavy (non-hydrogen) atoms. The van der Waals surface area contributed by atoms with Gasteiger partial charge >= 0.3 is 0 Å². The molecular formula is C57H38N4O2. The zero-order valence-electron chi connectivity index (χ0n) is 34.3. The van der Waals surface area contributed by atoms with Crippen molar-refractivity contribution in [2.75, 3.05) is 13.2 Å². The third-order valence-electron chi connectivity index (χ3n) is 13.2. The zero-order chi connectivity index (χ0) is 41.5. The van der Waals surface area contributed by atoms with E-state index < -0.39 is 5.41 Å². The standard InChI is InChI=1S/C57H38N4O2/c1-7-39(49-25-21-37-17-15-35-9-3-27-58-53(35)55(37)60-49)31-43(11-1)57(44-12-2-8-40(32-44)50-26-22-38-18-16-36-10-4-28-59-54(36)56(38)61-50)47-33-41(51-13-5-29-62-51)19-23-45(47)46-24-20-42(34-48(46)57)52-14-6-30-63-52/h1-4,7-28,31-34H,5-6,29-30H2. The second-order valence-corrected chi connectivity index (χ2v) is 16.7. The summed E-state index contributed by atoms with van der Waals surface area (Å²) >= 11 is 0. The quantitative estimate of drug-likeness (QED) is 0.156. The van der Waals surface area contributed by atoms with Gasteiger partial charge in [-0.2, -0.15) is 0 Å². The van der Waals surface area contributed by atoms with Crippen molar-refractivity contribution in [3.63, 3.8) is 0 Å². The first kappa shape index (κ1) is 35.8. The van der Waals surface area contributed by atoms with Crippen molar-refractivity contribution in [3.05, 3.63) is 216 Å². The lowest BCUT2D eigenvalue weighted by molar-refractivity contribution is 0.307. The summed E-state index contributed by atoms with van der Waals surface area (Å²) in [6, 6.07) is 57.0. The molecule has 6 heteroatoms. The molecule has 298 valence electrons. The lowest BCUT2D eigenvalue weighted by atomic mass is 9.66. The van der Waals surface area contributed by atoms with Crippen LogP contribution in [0, 0.1) is 0 Å². The van der Waals surface area contributed by atoms with Crippen molar-refractivity contribution >= 4 is 55.1 Å². The summed E-state index contributed by atoms with van der Waals surface area (Å²) in [6.07, 6.45) is 9.90. The molecule has 0 saturated carbocycles. The minimum atomic E-state index is -0.767. The fourth-order valence-electron chi connectivity index (χ4n) is 10.2. The van der Waals surface area contributed by atoms with Crippen molar-refractivity contribution < 1.29 is 9.47 Å². The van der Waals surface area contributed by atoms with E-state index >= 15 is 0 Å². The largest absolute Gasteiger partial charge is 0.493 e. The Balaban J connectivity index is 1.08. The second kappa shape index (κ2) is 14.0. The third kappa shape index (κ3) is 5.57. The van der Waals surface area contributed by atoms with Crippen molar-refractivity contribution in [2.45, 2.75) is 18.3 Å². The molecule has 0 bridgehead atoms. The molecule has 10 aromatic rings. The molecule has 0 N–H and O–H groups in total. The van der Waals surface area contributed by atoms with Crippen LogP contribution in [0.5, 0.6) is 0 Å².